The van der Waals surface area contributed by atoms with Crippen LogP contribution in [0.5, 0.6) is 11.5 Å². The highest BCUT2D eigenvalue weighted by molar-refractivity contribution is 7.92. The fourth-order valence-electron chi connectivity index (χ4n) is 4.90. The molecule has 0 aliphatic carbocycles. The molecular weight excluding hydrogens is 614 g/mol. The normalized spacial score (nSPS) is 11.8. The third kappa shape index (κ3) is 8.14. The fraction of sp³-hybridized carbons (Fsp3) is 0.235. The summed E-state index contributed by atoms with van der Waals surface area (Å²) < 4.78 is 40.2. The van der Waals surface area contributed by atoms with Crippen molar-refractivity contribution in [3.63, 3.8) is 0 Å². The quantitative estimate of drug-likeness (QED) is 0.212. The van der Waals surface area contributed by atoms with Gasteiger partial charge in [0.15, 0.2) is 11.5 Å². The Bertz CT molecular complexity index is 1730. The molecule has 1 N–H and O–H groups in total. The van der Waals surface area contributed by atoms with E-state index in [0.29, 0.717) is 16.3 Å². The molecule has 11 heteroatoms. The molecule has 1 unspecified atom stereocenters. The van der Waals surface area contributed by atoms with Crippen molar-refractivity contribution in [2.45, 2.75) is 30.8 Å². The highest BCUT2D eigenvalue weighted by atomic mass is 35.5. The number of nitrogens with one attached hydrogen (secondary N) is 1. The zero-order valence-electron chi connectivity index (χ0n) is 25.6. The zero-order valence-corrected chi connectivity index (χ0v) is 27.1. The molecule has 0 bridgehead atoms. The number of hydrogen-bond donors (Lipinski definition) is 1. The number of methoxy groups -OCH3 is 2. The number of likely N-dealkylation sites (N-methyl/N-ethyl adjacent to an activating group) is 1. The van der Waals surface area contributed by atoms with E-state index in [1.54, 1.807) is 48.5 Å². The monoisotopic (exact) mass is 649 g/mol. The number of nitrogens with zero attached hydrogens (tertiary/aromatic N) is 2. The van der Waals surface area contributed by atoms with Crippen LogP contribution in [-0.2, 0) is 32.6 Å². The maximum absolute atomic E-state index is 14.4. The van der Waals surface area contributed by atoms with Gasteiger partial charge in [-0.15, -0.1) is 0 Å². The highest BCUT2D eigenvalue weighted by Crippen LogP contribution is 2.32. The molecule has 0 heterocycles. The van der Waals surface area contributed by atoms with Gasteiger partial charge in [-0.3, -0.25) is 13.9 Å². The Balaban J connectivity index is 1.81. The van der Waals surface area contributed by atoms with E-state index in [1.807, 2.05) is 37.3 Å². The average molecular weight is 650 g/mol. The summed E-state index contributed by atoms with van der Waals surface area (Å²) in [5.41, 5.74) is 2.72. The van der Waals surface area contributed by atoms with E-state index in [4.69, 9.17) is 21.1 Å². The summed E-state index contributed by atoms with van der Waals surface area (Å²) in [6.45, 7) is 1.32. The summed E-state index contributed by atoms with van der Waals surface area (Å²) in [6.07, 6.45) is 0.208. The number of aryl methyl sites for hydroxylation is 1. The predicted octanol–water partition coefficient (Wildman–Crippen LogP) is 5.25. The Hall–Kier alpha value is -4.54. The molecule has 236 valence electrons. The van der Waals surface area contributed by atoms with Gasteiger partial charge in [-0.1, -0.05) is 71.8 Å². The van der Waals surface area contributed by atoms with Gasteiger partial charge in [-0.25, -0.2) is 8.42 Å². The number of halogens is 1. The third-order valence-corrected chi connectivity index (χ3v) is 9.31. The average Bonchev–Trinajstić information content (AvgIpc) is 3.05. The lowest BCUT2D eigenvalue weighted by atomic mass is 10.0. The van der Waals surface area contributed by atoms with E-state index in [9.17, 15) is 18.0 Å². The number of anilines is 1. The van der Waals surface area contributed by atoms with Crippen molar-refractivity contribution in [2.24, 2.45) is 0 Å². The summed E-state index contributed by atoms with van der Waals surface area (Å²) in [7, 11) is 0.0541. The summed E-state index contributed by atoms with van der Waals surface area (Å²) >= 11 is 6.27. The first-order valence-corrected chi connectivity index (χ1v) is 16.0. The minimum atomic E-state index is -4.31. The van der Waals surface area contributed by atoms with E-state index in [0.717, 1.165) is 15.4 Å². The summed E-state index contributed by atoms with van der Waals surface area (Å²) in [5, 5.41) is 3.14. The van der Waals surface area contributed by atoms with Crippen molar-refractivity contribution < 1.29 is 27.5 Å². The number of amides is 2. The van der Waals surface area contributed by atoms with Gasteiger partial charge in [-0.2, -0.15) is 0 Å². The van der Waals surface area contributed by atoms with Crippen LogP contribution in [0.3, 0.4) is 0 Å². The maximum atomic E-state index is 14.4. The SMILES string of the molecule is CNC(=O)C(Cc1ccccc1)N(Cc1cccc(Cl)c1)C(=O)CN(c1ccc(C)cc1)S(=O)(=O)c1ccc(OC)c(OC)c1. The van der Waals surface area contributed by atoms with Gasteiger partial charge in [0, 0.05) is 31.1 Å². The van der Waals surface area contributed by atoms with Crippen LogP contribution in [0, 0.1) is 6.92 Å². The van der Waals surface area contributed by atoms with Gasteiger partial charge in [0.25, 0.3) is 10.0 Å². The number of carbonyl (C=O) groups is 2. The van der Waals surface area contributed by atoms with Gasteiger partial charge < -0.3 is 19.7 Å². The number of hydrogen-bond acceptors (Lipinski definition) is 6. The molecule has 0 saturated heterocycles. The number of sulfonamides is 1. The largest absolute Gasteiger partial charge is 0.493 e. The standard InChI is InChI=1S/C34H36ClN3O6S/c1-24-13-15-28(16-14-24)38(45(41,42)29-17-18-31(43-3)32(21-29)44-4)23-33(39)37(22-26-11-8-12-27(35)19-26)30(34(40)36-2)20-25-9-6-5-7-10-25/h5-19,21,30H,20,22-23H2,1-4H3,(H,36,40). The summed E-state index contributed by atoms with van der Waals surface area (Å²) in [6, 6.07) is 26.4. The molecule has 45 heavy (non-hydrogen) atoms. The van der Waals surface area contributed by atoms with Gasteiger partial charge in [0.2, 0.25) is 11.8 Å². The second-order valence-electron chi connectivity index (χ2n) is 10.3. The molecule has 0 aliphatic rings. The molecule has 1 atom stereocenters. The number of carbonyl (C=O) groups excluding carboxylic acids is 2. The van der Waals surface area contributed by atoms with Crippen LogP contribution in [0.2, 0.25) is 5.02 Å². The minimum Gasteiger partial charge on any atom is -0.493 e. The lowest BCUT2D eigenvalue weighted by Gasteiger charge is -2.33. The molecule has 0 aliphatic heterocycles. The first-order chi connectivity index (χ1) is 21.6. The summed E-state index contributed by atoms with van der Waals surface area (Å²) in [5.74, 6) is -0.390. The Morgan fingerprint density at radius 2 is 1.51 bits per heavy atom. The fourth-order valence-corrected chi connectivity index (χ4v) is 6.54. The second-order valence-corrected chi connectivity index (χ2v) is 12.6. The molecule has 4 rings (SSSR count). The van der Waals surface area contributed by atoms with Crippen LogP contribution in [0.1, 0.15) is 16.7 Å². The topological polar surface area (TPSA) is 105 Å². The van der Waals surface area contributed by atoms with Crippen molar-refractivity contribution in [3.8, 4) is 11.5 Å². The second kappa shape index (κ2) is 15.0. The molecule has 9 nitrogen and oxygen atoms in total. The van der Waals surface area contributed by atoms with Crippen molar-refractivity contribution in [1.82, 2.24) is 10.2 Å². The van der Waals surface area contributed by atoms with Crippen LogP contribution in [-0.4, -0.2) is 59.0 Å². The molecule has 4 aromatic rings. The Morgan fingerprint density at radius 1 is 0.844 bits per heavy atom. The van der Waals surface area contributed by atoms with Crippen LogP contribution in [0.25, 0.3) is 0 Å². The van der Waals surface area contributed by atoms with Crippen LogP contribution < -0.4 is 19.1 Å². The Kier molecular flexibility index (Phi) is 11.1. The Morgan fingerprint density at radius 3 is 2.13 bits per heavy atom. The van der Waals surface area contributed by atoms with E-state index in [1.165, 1.54) is 44.4 Å². The van der Waals surface area contributed by atoms with Crippen LogP contribution >= 0.6 is 11.6 Å². The van der Waals surface area contributed by atoms with Crippen molar-refractivity contribution >= 4 is 39.1 Å². The van der Waals surface area contributed by atoms with Crippen molar-refractivity contribution in [3.05, 3.63) is 119 Å². The predicted molar refractivity (Wildman–Crippen MR) is 175 cm³/mol. The molecular formula is C34H36ClN3O6S. The molecule has 0 aromatic heterocycles. The van der Waals surface area contributed by atoms with Gasteiger partial charge in [0.05, 0.1) is 24.8 Å². The van der Waals surface area contributed by atoms with Crippen molar-refractivity contribution in [1.29, 1.82) is 0 Å². The zero-order chi connectivity index (χ0) is 32.6. The lowest BCUT2D eigenvalue weighted by Crippen LogP contribution is -2.53. The smallest absolute Gasteiger partial charge is 0.264 e. The van der Waals surface area contributed by atoms with Crippen LogP contribution in [0.4, 0.5) is 5.69 Å². The van der Waals surface area contributed by atoms with Crippen molar-refractivity contribution in [2.75, 3.05) is 32.1 Å². The first kappa shape index (κ1) is 33.4. The van der Waals surface area contributed by atoms with E-state index in [-0.39, 0.29) is 35.2 Å². The van der Waals surface area contributed by atoms with E-state index in [2.05, 4.69) is 5.32 Å². The number of rotatable bonds is 13. The molecule has 0 radical (unpaired) electrons. The molecule has 0 fully saturated rings. The van der Waals surface area contributed by atoms with E-state index >= 15 is 0 Å². The molecule has 4 aromatic carbocycles. The van der Waals surface area contributed by atoms with Gasteiger partial charge in [-0.05, 0) is 54.4 Å². The Labute approximate surface area is 269 Å². The summed E-state index contributed by atoms with van der Waals surface area (Å²) in [4.78, 5) is 29.1. The third-order valence-electron chi connectivity index (χ3n) is 7.30. The molecule has 0 spiro atoms. The lowest BCUT2D eigenvalue weighted by molar-refractivity contribution is -0.139. The van der Waals surface area contributed by atoms with Gasteiger partial charge >= 0.3 is 0 Å². The highest BCUT2D eigenvalue weighted by Gasteiger charge is 2.34. The van der Waals surface area contributed by atoms with Crippen LogP contribution in [0.15, 0.2) is 102 Å². The molecule has 2 amide bonds. The number of benzene rings is 4. The maximum Gasteiger partial charge on any atom is 0.264 e. The molecule has 0 saturated carbocycles. The first-order valence-electron chi connectivity index (χ1n) is 14.2. The minimum absolute atomic E-state index is 0.0163. The van der Waals surface area contributed by atoms with Gasteiger partial charge in [0.1, 0.15) is 12.6 Å². The number of ether oxygens (including phenoxy) is 2. The van der Waals surface area contributed by atoms with E-state index < -0.39 is 28.5 Å².